The van der Waals surface area contributed by atoms with E-state index in [-0.39, 0.29) is 5.69 Å². The van der Waals surface area contributed by atoms with Crippen molar-refractivity contribution < 1.29 is 9.66 Å². The average Bonchev–Trinajstić information content (AvgIpc) is 2.45. The van der Waals surface area contributed by atoms with Crippen LogP contribution in [0.15, 0.2) is 48.5 Å². The molecule has 0 radical (unpaired) electrons. The van der Waals surface area contributed by atoms with Gasteiger partial charge in [-0.1, -0.05) is 30.0 Å². The topological polar surface area (TPSA) is 52.4 Å². The van der Waals surface area contributed by atoms with E-state index in [0.29, 0.717) is 11.3 Å². The lowest BCUT2D eigenvalue weighted by molar-refractivity contribution is -0.384. The second-order valence-corrected chi connectivity index (χ2v) is 3.76. The maximum atomic E-state index is 10.7. The SMILES string of the molecule is COc1cc([N+](=O)[O-])ccc1C#Cc1ccccc1. The Morgan fingerprint density at radius 2 is 1.84 bits per heavy atom. The first-order valence-electron chi connectivity index (χ1n) is 5.60. The van der Waals surface area contributed by atoms with E-state index in [1.165, 1.54) is 19.2 Å². The minimum atomic E-state index is -0.461. The summed E-state index contributed by atoms with van der Waals surface area (Å²) in [7, 11) is 1.47. The van der Waals surface area contributed by atoms with Crippen LogP contribution in [0.25, 0.3) is 0 Å². The van der Waals surface area contributed by atoms with E-state index >= 15 is 0 Å². The molecule has 0 amide bonds. The Morgan fingerprint density at radius 1 is 1.11 bits per heavy atom. The fourth-order valence-corrected chi connectivity index (χ4v) is 1.56. The number of hydrogen-bond donors (Lipinski definition) is 0. The van der Waals surface area contributed by atoms with Gasteiger partial charge >= 0.3 is 0 Å². The van der Waals surface area contributed by atoms with Crippen LogP contribution in [0.5, 0.6) is 5.75 Å². The highest BCUT2D eigenvalue weighted by Crippen LogP contribution is 2.23. The smallest absolute Gasteiger partial charge is 0.273 e. The predicted molar refractivity (Wildman–Crippen MR) is 72.1 cm³/mol. The molecule has 2 rings (SSSR count). The first kappa shape index (κ1) is 12.7. The Labute approximate surface area is 110 Å². The van der Waals surface area contributed by atoms with E-state index in [1.54, 1.807) is 6.07 Å². The number of rotatable bonds is 2. The summed E-state index contributed by atoms with van der Waals surface area (Å²) in [4.78, 5) is 10.2. The first-order valence-corrected chi connectivity index (χ1v) is 5.60. The highest BCUT2D eigenvalue weighted by Gasteiger charge is 2.09. The van der Waals surface area contributed by atoms with Crippen molar-refractivity contribution in [2.24, 2.45) is 0 Å². The lowest BCUT2D eigenvalue weighted by Crippen LogP contribution is -1.92. The molecule has 0 aliphatic rings. The van der Waals surface area contributed by atoms with Crippen LogP contribution in [-0.2, 0) is 0 Å². The van der Waals surface area contributed by atoms with Gasteiger partial charge in [0.25, 0.3) is 5.69 Å². The summed E-state index contributed by atoms with van der Waals surface area (Å²) in [6, 6.07) is 13.9. The number of ether oxygens (including phenoxy) is 1. The summed E-state index contributed by atoms with van der Waals surface area (Å²) in [5.41, 5.74) is 1.49. The van der Waals surface area contributed by atoms with Crippen LogP contribution in [0, 0.1) is 22.0 Å². The molecule has 2 aromatic carbocycles. The van der Waals surface area contributed by atoms with Crippen LogP contribution in [0.2, 0.25) is 0 Å². The molecule has 0 aromatic heterocycles. The molecule has 4 heteroatoms. The minimum Gasteiger partial charge on any atom is -0.495 e. The molecule has 0 aliphatic carbocycles. The van der Waals surface area contributed by atoms with Gasteiger partial charge in [-0.3, -0.25) is 10.1 Å². The standard InChI is InChI=1S/C15H11NO3/c1-19-15-11-14(16(17)18)10-9-13(15)8-7-12-5-3-2-4-6-12/h2-6,9-11H,1H3. The van der Waals surface area contributed by atoms with E-state index in [0.717, 1.165) is 5.56 Å². The number of hydrogen-bond acceptors (Lipinski definition) is 3. The molecule has 0 fully saturated rings. The van der Waals surface area contributed by atoms with E-state index in [2.05, 4.69) is 11.8 Å². The number of benzene rings is 2. The third-order valence-electron chi connectivity index (χ3n) is 2.51. The van der Waals surface area contributed by atoms with E-state index in [4.69, 9.17) is 4.74 Å². The molecule has 0 aliphatic heterocycles. The van der Waals surface area contributed by atoms with Crippen molar-refractivity contribution in [3.8, 4) is 17.6 Å². The molecule has 0 bridgehead atoms. The maximum Gasteiger partial charge on any atom is 0.273 e. The van der Waals surface area contributed by atoms with Crippen LogP contribution < -0.4 is 4.74 Å². The molecule has 0 heterocycles. The zero-order valence-corrected chi connectivity index (χ0v) is 10.3. The summed E-state index contributed by atoms with van der Waals surface area (Å²) >= 11 is 0. The van der Waals surface area contributed by atoms with Gasteiger partial charge in [0.2, 0.25) is 0 Å². The molecule has 0 atom stereocenters. The Kier molecular flexibility index (Phi) is 3.79. The van der Waals surface area contributed by atoms with Crippen molar-refractivity contribution in [3.63, 3.8) is 0 Å². The number of non-ortho nitro benzene ring substituents is 1. The second-order valence-electron chi connectivity index (χ2n) is 3.76. The average molecular weight is 253 g/mol. The van der Waals surface area contributed by atoms with Gasteiger partial charge in [0, 0.05) is 11.6 Å². The summed E-state index contributed by atoms with van der Waals surface area (Å²) in [6.07, 6.45) is 0. The number of methoxy groups -OCH3 is 1. The third-order valence-corrected chi connectivity index (χ3v) is 2.51. The van der Waals surface area contributed by atoms with Crippen molar-refractivity contribution >= 4 is 5.69 Å². The van der Waals surface area contributed by atoms with Crippen LogP contribution in [0.1, 0.15) is 11.1 Å². The molecule has 94 valence electrons. The van der Waals surface area contributed by atoms with Crippen LogP contribution in [0.4, 0.5) is 5.69 Å². The largest absolute Gasteiger partial charge is 0.495 e. The molecule has 0 saturated heterocycles. The molecule has 0 saturated carbocycles. The molecule has 2 aromatic rings. The molecule has 0 spiro atoms. The fourth-order valence-electron chi connectivity index (χ4n) is 1.56. The summed E-state index contributed by atoms with van der Waals surface area (Å²) in [5.74, 6) is 6.33. The zero-order valence-electron chi connectivity index (χ0n) is 10.3. The fraction of sp³-hybridized carbons (Fsp3) is 0.0667. The van der Waals surface area contributed by atoms with Crippen molar-refractivity contribution in [2.45, 2.75) is 0 Å². The van der Waals surface area contributed by atoms with E-state index < -0.39 is 4.92 Å². The number of nitrogens with zero attached hydrogens (tertiary/aromatic N) is 1. The Balaban J connectivity index is 2.36. The van der Waals surface area contributed by atoms with Crippen LogP contribution in [-0.4, -0.2) is 12.0 Å². The highest BCUT2D eigenvalue weighted by atomic mass is 16.6. The Hall–Kier alpha value is -2.80. The molecular formula is C15H11NO3. The molecule has 0 unspecified atom stereocenters. The molecule has 19 heavy (non-hydrogen) atoms. The number of nitro benzene ring substituents is 1. The first-order chi connectivity index (χ1) is 9.20. The normalized spacial score (nSPS) is 9.32. The van der Waals surface area contributed by atoms with Crippen molar-refractivity contribution in [1.29, 1.82) is 0 Å². The maximum absolute atomic E-state index is 10.7. The summed E-state index contributed by atoms with van der Waals surface area (Å²) in [5, 5.41) is 10.7. The van der Waals surface area contributed by atoms with Gasteiger partial charge in [-0.2, -0.15) is 0 Å². The van der Waals surface area contributed by atoms with Crippen molar-refractivity contribution in [2.75, 3.05) is 7.11 Å². The van der Waals surface area contributed by atoms with Gasteiger partial charge in [0.05, 0.1) is 23.7 Å². The quantitative estimate of drug-likeness (QED) is 0.469. The van der Waals surface area contributed by atoms with E-state index in [1.807, 2.05) is 30.3 Å². The molecular weight excluding hydrogens is 242 g/mol. The van der Waals surface area contributed by atoms with Crippen LogP contribution in [0.3, 0.4) is 0 Å². The molecule has 0 N–H and O–H groups in total. The van der Waals surface area contributed by atoms with Crippen molar-refractivity contribution in [1.82, 2.24) is 0 Å². The summed E-state index contributed by atoms with van der Waals surface area (Å²) in [6.45, 7) is 0. The Morgan fingerprint density at radius 3 is 2.47 bits per heavy atom. The molecule has 4 nitrogen and oxygen atoms in total. The third kappa shape index (κ3) is 3.11. The Bertz CT molecular complexity index is 654. The van der Waals surface area contributed by atoms with Crippen LogP contribution >= 0.6 is 0 Å². The van der Waals surface area contributed by atoms with Crippen molar-refractivity contribution in [3.05, 3.63) is 69.8 Å². The van der Waals surface area contributed by atoms with E-state index in [9.17, 15) is 10.1 Å². The monoisotopic (exact) mass is 253 g/mol. The van der Waals surface area contributed by atoms with Gasteiger partial charge in [0.15, 0.2) is 0 Å². The second kappa shape index (κ2) is 5.69. The van der Waals surface area contributed by atoms with Gasteiger partial charge in [-0.05, 0) is 18.2 Å². The lowest BCUT2D eigenvalue weighted by Gasteiger charge is -2.02. The van der Waals surface area contributed by atoms with Gasteiger partial charge in [-0.25, -0.2) is 0 Å². The predicted octanol–water partition coefficient (Wildman–Crippen LogP) is 3.00. The van der Waals surface area contributed by atoms with Gasteiger partial charge in [0.1, 0.15) is 5.75 Å². The van der Waals surface area contributed by atoms with Gasteiger partial charge in [-0.15, -0.1) is 0 Å². The summed E-state index contributed by atoms with van der Waals surface area (Å²) < 4.78 is 5.12. The van der Waals surface area contributed by atoms with Gasteiger partial charge < -0.3 is 4.74 Å². The number of nitro groups is 1. The minimum absolute atomic E-state index is 0.0119. The zero-order chi connectivity index (χ0) is 13.7. The highest BCUT2D eigenvalue weighted by molar-refractivity contribution is 5.54. The lowest BCUT2D eigenvalue weighted by atomic mass is 10.1.